The summed E-state index contributed by atoms with van der Waals surface area (Å²) in [5.74, 6) is -0.172. The highest BCUT2D eigenvalue weighted by atomic mass is 32.2. The maximum atomic E-state index is 12.5. The maximum absolute atomic E-state index is 12.5. The van der Waals surface area contributed by atoms with Crippen LogP contribution in [-0.2, 0) is 31.7 Å². The fraction of sp³-hybridized carbons (Fsp3) is 0.350. The van der Waals surface area contributed by atoms with Crippen molar-refractivity contribution in [2.45, 2.75) is 25.5 Å². The van der Waals surface area contributed by atoms with E-state index in [9.17, 15) is 13.2 Å². The van der Waals surface area contributed by atoms with Crippen LogP contribution in [0.4, 0.5) is 11.4 Å². The molecule has 0 unspecified atom stereocenters. The fourth-order valence-corrected chi connectivity index (χ4v) is 4.43. The number of ether oxygens (including phenoxy) is 1. The van der Waals surface area contributed by atoms with Gasteiger partial charge in [0.05, 0.1) is 5.75 Å². The summed E-state index contributed by atoms with van der Waals surface area (Å²) in [7, 11) is -2.02. The van der Waals surface area contributed by atoms with Gasteiger partial charge in [-0.1, -0.05) is 29.8 Å². The van der Waals surface area contributed by atoms with Crippen LogP contribution in [0, 0.1) is 6.92 Å². The Hall–Kier alpha value is -2.38. The van der Waals surface area contributed by atoms with Crippen LogP contribution in [0.1, 0.15) is 23.1 Å². The molecule has 27 heavy (non-hydrogen) atoms. The molecule has 0 radical (unpaired) electrons. The van der Waals surface area contributed by atoms with Gasteiger partial charge in [-0.05, 0) is 49.1 Å². The lowest BCUT2D eigenvalue weighted by Crippen LogP contribution is -2.37. The standard InChI is InChI=1S/C20H24N2O4S/c1-15-5-7-16(8-6-15)14-27(24,25)21-18-9-10-19-17(12-18)4-3-11-22(19)20(23)13-26-2/h5-10,12,21H,3-4,11,13-14H2,1-2H3. The molecule has 1 N–H and O–H groups in total. The molecule has 2 aromatic carbocycles. The minimum Gasteiger partial charge on any atom is -0.375 e. The lowest BCUT2D eigenvalue weighted by atomic mass is 10.0. The van der Waals surface area contributed by atoms with E-state index in [2.05, 4.69) is 4.72 Å². The number of anilines is 2. The number of aryl methyl sites for hydroxylation is 2. The van der Waals surface area contributed by atoms with Gasteiger partial charge in [0.2, 0.25) is 10.0 Å². The van der Waals surface area contributed by atoms with Gasteiger partial charge in [-0.2, -0.15) is 0 Å². The van der Waals surface area contributed by atoms with Crippen molar-refractivity contribution in [3.8, 4) is 0 Å². The lowest BCUT2D eigenvalue weighted by Gasteiger charge is -2.29. The number of nitrogens with one attached hydrogen (secondary N) is 1. The summed E-state index contributed by atoms with van der Waals surface area (Å²) in [5.41, 5.74) is 4.13. The molecule has 0 fully saturated rings. The normalized spacial score (nSPS) is 13.9. The molecular weight excluding hydrogens is 364 g/mol. The number of methoxy groups -OCH3 is 1. The Labute approximate surface area is 160 Å². The van der Waals surface area contributed by atoms with E-state index in [0.717, 1.165) is 35.2 Å². The van der Waals surface area contributed by atoms with Gasteiger partial charge < -0.3 is 9.64 Å². The largest absolute Gasteiger partial charge is 0.375 e. The zero-order chi connectivity index (χ0) is 19.4. The smallest absolute Gasteiger partial charge is 0.252 e. The molecule has 7 heteroatoms. The molecule has 1 aliphatic heterocycles. The molecule has 0 spiro atoms. The van der Waals surface area contributed by atoms with Gasteiger partial charge >= 0.3 is 0 Å². The molecule has 6 nitrogen and oxygen atoms in total. The van der Waals surface area contributed by atoms with E-state index in [1.54, 1.807) is 17.0 Å². The number of hydrogen-bond donors (Lipinski definition) is 1. The first-order chi connectivity index (χ1) is 12.9. The third-order valence-corrected chi connectivity index (χ3v) is 5.78. The molecule has 1 aliphatic rings. The zero-order valence-corrected chi connectivity index (χ0v) is 16.4. The number of hydrogen-bond acceptors (Lipinski definition) is 4. The predicted octanol–water partition coefficient (Wildman–Crippen LogP) is 2.86. The Balaban J connectivity index is 1.76. The van der Waals surface area contributed by atoms with E-state index < -0.39 is 10.0 Å². The summed E-state index contributed by atoms with van der Waals surface area (Å²) in [5, 5.41) is 0. The third kappa shape index (κ3) is 4.87. The highest BCUT2D eigenvalue weighted by Crippen LogP contribution is 2.30. The summed E-state index contributed by atoms with van der Waals surface area (Å²) in [6.07, 6.45) is 1.64. The SMILES string of the molecule is COCC(=O)N1CCCc2cc(NS(=O)(=O)Cc3ccc(C)cc3)ccc21. The van der Waals surface area contributed by atoms with Gasteiger partial charge in [-0.15, -0.1) is 0 Å². The molecule has 0 aromatic heterocycles. The van der Waals surface area contributed by atoms with Crippen molar-refractivity contribution in [1.29, 1.82) is 0 Å². The van der Waals surface area contributed by atoms with E-state index in [0.29, 0.717) is 12.2 Å². The second kappa shape index (κ2) is 8.10. The third-order valence-electron chi connectivity index (χ3n) is 4.52. The number of sulfonamides is 1. The average molecular weight is 388 g/mol. The molecule has 0 atom stereocenters. The topological polar surface area (TPSA) is 75.7 Å². The van der Waals surface area contributed by atoms with Crippen molar-refractivity contribution in [1.82, 2.24) is 0 Å². The summed E-state index contributed by atoms with van der Waals surface area (Å²) in [6, 6.07) is 12.7. The Bertz CT molecular complexity index is 923. The molecule has 0 bridgehead atoms. The molecule has 1 amide bonds. The van der Waals surface area contributed by atoms with Crippen LogP contribution in [0.5, 0.6) is 0 Å². The van der Waals surface area contributed by atoms with Gasteiger partial charge in [0.25, 0.3) is 5.91 Å². The number of carbonyl (C=O) groups is 1. The number of benzene rings is 2. The van der Waals surface area contributed by atoms with Crippen LogP contribution in [0.25, 0.3) is 0 Å². The number of rotatable bonds is 6. The van der Waals surface area contributed by atoms with Crippen molar-refractivity contribution in [2.75, 3.05) is 29.9 Å². The van der Waals surface area contributed by atoms with Crippen LogP contribution in [0.3, 0.4) is 0 Å². The van der Waals surface area contributed by atoms with Crippen molar-refractivity contribution >= 4 is 27.3 Å². The molecule has 0 saturated heterocycles. The van der Waals surface area contributed by atoms with Gasteiger partial charge in [-0.3, -0.25) is 9.52 Å². The minimum atomic E-state index is -3.52. The second-order valence-corrected chi connectivity index (χ2v) is 8.49. The maximum Gasteiger partial charge on any atom is 0.252 e. The summed E-state index contributed by atoms with van der Waals surface area (Å²) < 4.78 is 32.6. The molecule has 144 valence electrons. The monoisotopic (exact) mass is 388 g/mol. The lowest BCUT2D eigenvalue weighted by molar-refractivity contribution is -0.122. The Morgan fingerprint density at radius 3 is 2.63 bits per heavy atom. The fourth-order valence-electron chi connectivity index (χ4n) is 3.24. The predicted molar refractivity (Wildman–Crippen MR) is 106 cm³/mol. The Morgan fingerprint density at radius 1 is 1.19 bits per heavy atom. The first kappa shape index (κ1) is 19.4. The highest BCUT2D eigenvalue weighted by Gasteiger charge is 2.23. The van der Waals surface area contributed by atoms with Crippen molar-refractivity contribution in [2.24, 2.45) is 0 Å². The molecule has 2 aromatic rings. The van der Waals surface area contributed by atoms with Gasteiger partial charge in [0.1, 0.15) is 6.61 Å². The van der Waals surface area contributed by atoms with Crippen LogP contribution in [-0.4, -0.2) is 34.6 Å². The minimum absolute atomic E-state index is 0.0321. The van der Waals surface area contributed by atoms with Gasteiger partial charge in [-0.25, -0.2) is 8.42 Å². The number of carbonyl (C=O) groups excluding carboxylic acids is 1. The molecule has 0 saturated carbocycles. The number of amides is 1. The van der Waals surface area contributed by atoms with Crippen LogP contribution >= 0.6 is 0 Å². The number of fused-ring (bicyclic) bond motifs is 1. The van der Waals surface area contributed by atoms with E-state index in [1.165, 1.54) is 7.11 Å². The molecule has 3 rings (SSSR count). The first-order valence-corrected chi connectivity index (χ1v) is 10.5. The Morgan fingerprint density at radius 2 is 1.93 bits per heavy atom. The summed E-state index contributed by atoms with van der Waals surface area (Å²) in [4.78, 5) is 13.9. The van der Waals surface area contributed by atoms with E-state index in [4.69, 9.17) is 4.74 Å². The first-order valence-electron chi connectivity index (χ1n) is 8.86. The van der Waals surface area contributed by atoms with Crippen LogP contribution in [0.2, 0.25) is 0 Å². The summed E-state index contributed by atoms with van der Waals surface area (Å²) >= 11 is 0. The molecule has 1 heterocycles. The van der Waals surface area contributed by atoms with Crippen molar-refractivity contribution < 1.29 is 17.9 Å². The van der Waals surface area contributed by atoms with E-state index >= 15 is 0 Å². The van der Waals surface area contributed by atoms with Crippen LogP contribution < -0.4 is 9.62 Å². The van der Waals surface area contributed by atoms with E-state index in [-0.39, 0.29) is 18.3 Å². The quantitative estimate of drug-likeness (QED) is 0.826. The molecule has 0 aliphatic carbocycles. The second-order valence-electron chi connectivity index (χ2n) is 6.77. The van der Waals surface area contributed by atoms with Crippen molar-refractivity contribution in [3.05, 3.63) is 59.2 Å². The number of nitrogens with zero attached hydrogens (tertiary/aromatic N) is 1. The Kier molecular flexibility index (Phi) is 5.82. The van der Waals surface area contributed by atoms with Crippen molar-refractivity contribution in [3.63, 3.8) is 0 Å². The molecular formula is C20H24N2O4S. The highest BCUT2D eigenvalue weighted by molar-refractivity contribution is 7.91. The van der Waals surface area contributed by atoms with E-state index in [1.807, 2.05) is 37.3 Å². The van der Waals surface area contributed by atoms with Gasteiger partial charge in [0.15, 0.2) is 0 Å². The van der Waals surface area contributed by atoms with Crippen LogP contribution in [0.15, 0.2) is 42.5 Å². The van der Waals surface area contributed by atoms with Gasteiger partial charge in [0, 0.05) is 25.0 Å². The summed E-state index contributed by atoms with van der Waals surface area (Å²) in [6.45, 7) is 2.64. The zero-order valence-electron chi connectivity index (χ0n) is 15.6. The average Bonchev–Trinajstić information content (AvgIpc) is 2.62.